The van der Waals surface area contributed by atoms with Gasteiger partial charge in [-0.1, -0.05) is 44.2 Å². The van der Waals surface area contributed by atoms with Gasteiger partial charge in [0.25, 0.3) is 0 Å². The summed E-state index contributed by atoms with van der Waals surface area (Å²) in [5.41, 5.74) is 2.01. The second-order valence-corrected chi connectivity index (χ2v) is 7.66. The van der Waals surface area contributed by atoms with E-state index in [1.165, 1.54) is 50.8 Å². The summed E-state index contributed by atoms with van der Waals surface area (Å²) in [5, 5.41) is 3.74. The Morgan fingerprint density at radius 2 is 1.81 bits per heavy atom. The van der Waals surface area contributed by atoms with E-state index in [2.05, 4.69) is 54.4 Å². The molecule has 1 saturated heterocycles. The quantitative estimate of drug-likeness (QED) is 0.884. The lowest BCUT2D eigenvalue weighted by Crippen LogP contribution is -2.42. The van der Waals surface area contributed by atoms with Gasteiger partial charge in [0.05, 0.1) is 0 Å². The van der Waals surface area contributed by atoms with Crippen LogP contribution in [0.2, 0.25) is 0 Å². The predicted octanol–water partition coefficient (Wildman–Crippen LogP) is 3.99. The van der Waals surface area contributed by atoms with Gasteiger partial charge in [0.2, 0.25) is 0 Å². The van der Waals surface area contributed by atoms with Crippen molar-refractivity contribution in [2.45, 2.75) is 58.0 Å². The molecule has 1 heterocycles. The number of hydrogen-bond acceptors (Lipinski definition) is 2. The Kier molecular flexibility index (Phi) is 4.66. The third-order valence-electron chi connectivity index (χ3n) is 5.46. The molecule has 0 radical (unpaired) electrons. The highest BCUT2D eigenvalue weighted by molar-refractivity contribution is 5.19. The molecule has 1 aromatic rings. The Morgan fingerprint density at radius 1 is 1.10 bits per heavy atom. The normalized spacial score (nSPS) is 28.2. The SMILES string of the molecule is CC1(C)CCC(N2CCCNC(c3ccccc3)C2)CC1. The van der Waals surface area contributed by atoms with Gasteiger partial charge in [-0.25, -0.2) is 0 Å². The van der Waals surface area contributed by atoms with Gasteiger partial charge in [0.1, 0.15) is 0 Å². The maximum Gasteiger partial charge on any atom is 0.0449 e. The molecule has 0 spiro atoms. The molecule has 2 heteroatoms. The van der Waals surface area contributed by atoms with Crippen molar-refractivity contribution in [3.05, 3.63) is 35.9 Å². The van der Waals surface area contributed by atoms with Crippen LogP contribution in [0.4, 0.5) is 0 Å². The molecular formula is C19H30N2. The van der Waals surface area contributed by atoms with Crippen LogP contribution in [0.1, 0.15) is 57.6 Å². The highest BCUT2D eigenvalue weighted by Gasteiger charge is 2.31. The molecule has 0 amide bonds. The summed E-state index contributed by atoms with van der Waals surface area (Å²) in [6, 6.07) is 12.3. The van der Waals surface area contributed by atoms with E-state index in [9.17, 15) is 0 Å². The first kappa shape index (κ1) is 15.1. The molecule has 1 aliphatic carbocycles. The number of hydrogen-bond donors (Lipinski definition) is 1. The van der Waals surface area contributed by atoms with E-state index >= 15 is 0 Å². The second-order valence-electron chi connectivity index (χ2n) is 7.66. The van der Waals surface area contributed by atoms with Crippen LogP contribution in [0.5, 0.6) is 0 Å². The van der Waals surface area contributed by atoms with E-state index < -0.39 is 0 Å². The lowest BCUT2D eigenvalue weighted by atomic mass is 9.75. The van der Waals surface area contributed by atoms with Crippen molar-refractivity contribution in [2.75, 3.05) is 19.6 Å². The van der Waals surface area contributed by atoms with Crippen LogP contribution in [0.25, 0.3) is 0 Å². The molecule has 2 fully saturated rings. The molecule has 21 heavy (non-hydrogen) atoms. The lowest BCUT2D eigenvalue weighted by Gasteiger charge is -2.40. The fraction of sp³-hybridized carbons (Fsp3) is 0.684. The zero-order valence-electron chi connectivity index (χ0n) is 13.6. The molecule has 1 atom stereocenters. The first-order valence-electron chi connectivity index (χ1n) is 8.66. The molecule has 1 saturated carbocycles. The van der Waals surface area contributed by atoms with E-state index in [4.69, 9.17) is 0 Å². The topological polar surface area (TPSA) is 15.3 Å². The largest absolute Gasteiger partial charge is 0.309 e. The van der Waals surface area contributed by atoms with Gasteiger partial charge >= 0.3 is 0 Å². The molecule has 2 nitrogen and oxygen atoms in total. The van der Waals surface area contributed by atoms with Gasteiger partial charge in [-0.15, -0.1) is 0 Å². The minimum atomic E-state index is 0.503. The molecule has 0 aromatic heterocycles. The first-order valence-corrected chi connectivity index (χ1v) is 8.66. The summed E-state index contributed by atoms with van der Waals surface area (Å²) < 4.78 is 0. The Balaban J connectivity index is 1.66. The third kappa shape index (κ3) is 3.87. The van der Waals surface area contributed by atoms with Gasteiger partial charge in [0, 0.05) is 18.6 Å². The van der Waals surface area contributed by atoms with Gasteiger partial charge in [-0.3, -0.25) is 4.90 Å². The standard InChI is InChI=1S/C19H30N2/c1-19(2)11-9-17(10-12-19)21-14-6-13-20-18(15-21)16-7-4-3-5-8-16/h3-5,7-8,17-18,20H,6,9-15H2,1-2H3. The predicted molar refractivity (Wildman–Crippen MR) is 89.4 cm³/mol. The van der Waals surface area contributed by atoms with E-state index in [1.807, 2.05) is 0 Å². The molecule has 1 aliphatic heterocycles. The summed E-state index contributed by atoms with van der Waals surface area (Å²) >= 11 is 0. The van der Waals surface area contributed by atoms with Gasteiger partial charge in [-0.2, -0.15) is 0 Å². The van der Waals surface area contributed by atoms with Crippen LogP contribution < -0.4 is 5.32 Å². The number of nitrogens with zero attached hydrogens (tertiary/aromatic N) is 1. The van der Waals surface area contributed by atoms with E-state index in [1.54, 1.807) is 0 Å². The van der Waals surface area contributed by atoms with Crippen LogP contribution >= 0.6 is 0 Å². The highest BCUT2D eigenvalue weighted by atomic mass is 15.2. The monoisotopic (exact) mass is 286 g/mol. The summed E-state index contributed by atoms with van der Waals surface area (Å²) in [7, 11) is 0. The number of rotatable bonds is 2. The zero-order valence-corrected chi connectivity index (χ0v) is 13.6. The molecule has 1 aromatic carbocycles. The molecule has 0 bridgehead atoms. The molecule has 116 valence electrons. The Labute approximate surface area is 129 Å². The minimum absolute atomic E-state index is 0.503. The summed E-state index contributed by atoms with van der Waals surface area (Å²) in [4.78, 5) is 2.77. The van der Waals surface area contributed by atoms with Crippen LogP contribution in [-0.4, -0.2) is 30.6 Å². The van der Waals surface area contributed by atoms with Crippen molar-refractivity contribution >= 4 is 0 Å². The molecule has 3 rings (SSSR count). The fourth-order valence-corrected chi connectivity index (χ4v) is 3.94. The van der Waals surface area contributed by atoms with Crippen molar-refractivity contribution in [2.24, 2.45) is 5.41 Å². The van der Waals surface area contributed by atoms with Crippen LogP contribution in [0.3, 0.4) is 0 Å². The van der Waals surface area contributed by atoms with Gasteiger partial charge in [-0.05, 0) is 56.2 Å². The Bertz CT molecular complexity index is 430. The Hall–Kier alpha value is -0.860. The Morgan fingerprint density at radius 3 is 2.52 bits per heavy atom. The van der Waals surface area contributed by atoms with Crippen LogP contribution in [0.15, 0.2) is 30.3 Å². The minimum Gasteiger partial charge on any atom is -0.309 e. The highest BCUT2D eigenvalue weighted by Crippen LogP contribution is 2.37. The maximum atomic E-state index is 3.74. The molecule has 1 N–H and O–H groups in total. The first-order chi connectivity index (χ1) is 10.1. The van der Waals surface area contributed by atoms with E-state index in [0.717, 1.165) is 12.6 Å². The summed E-state index contributed by atoms with van der Waals surface area (Å²) in [5.74, 6) is 0. The van der Waals surface area contributed by atoms with Gasteiger partial charge in [0.15, 0.2) is 0 Å². The van der Waals surface area contributed by atoms with E-state index in [-0.39, 0.29) is 0 Å². The average Bonchev–Trinajstić information content (AvgIpc) is 2.74. The second kappa shape index (κ2) is 6.50. The fourth-order valence-electron chi connectivity index (χ4n) is 3.94. The lowest BCUT2D eigenvalue weighted by molar-refractivity contribution is 0.105. The van der Waals surface area contributed by atoms with Crippen molar-refractivity contribution in [3.63, 3.8) is 0 Å². The number of benzene rings is 1. The maximum absolute atomic E-state index is 3.74. The van der Waals surface area contributed by atoms with Crippen molar-refractivity contribution in [1.29, 1.82) is 0 Å². The zero-order chi connectivity index (χ0) is 14.7. The average molecular weight is 286 g/mol. The summed E-state index contributed by atoms with van der Waals surface area (Å²) in [6.45, 7) is 8.45. The molecule has 2 aliphatic rings. The van der Waals surface area contributed by atoms with Crippen LogP contribution in [0, 0.1) is 5.41 Å². The third-order valence-corrected chi connectivity index (χ3v) is 5.46. The van der Waals surface area contributed by atoms with E-state index in [0.29, 0.717) is 11.5 Å². The van der Waals surface area contributed by atoms with Crippen molar-refractivity contribution in [3.8, 4) is 0 Å². The molecule has 1 unspecified atom stereocenters. The smallest absolute Gasteiger partial charge is 0.0449 e. The number of nitrogens with one attached hydrogen (secondary N) is 1. The van der Waals surface area contributed by atoms with Crippen LogP contribution in [-0.2, 0) is 0 Å². The summed E-state index contributed by atoms with van der Waals surface area (Å²) in [6.07, 6.45) is 6.82. The van der Waals surface area contributed by atoms with Crippen molar-refractivity contribution < 1.29 is 0 Å². The van der Waals surface area contributed by atoms with Crippen molar-refractivity contribution in [1.82, 2.24) is 10.2 Å². The molecular weight excluding hydrogens is 256 g/mol. The van der Waals surface area contributed by atoms with Gasteiger partial charge < -0.3 is 5.32 Å².